The van der Waals surface area contributed by atoms with E-state index >= 15 is 0 Å². The third-order valence-electron chi connectivity index (χ3n) is 4.28. The maximum atomic E-state index is 12.3. The van der Waals surface area contributed by atoms with Gasteiger partial charge in [0.2, 0.25) is 0 Å². The number of esters is 1. The van der Waals surface area contributed by atoms with Crippen LogP contribution in [0.5, 0.6) is 11.5 Å². The number of rotatable bonds is 5. The summed E-state index contributed by atoms with van der Waals surface area (Å²) in [5, 5.41) is 2.81. The van der Waals surface area contributed by atoms with Gasteiger partial charge in [-0.05, 0) is 55.7 Å². The Kier molecular flexibility index (Phi) is 5.64. The van der Waals surface area contributed by atoms with Gasteiger partial charge in [0.1, 0.15) is 13.2 Å². The van der Waals surface area contributed by atoms with Gasteiger partial charge in [-0.2, -0.15) is 0 Å². The number of hydrogen-bond donors (Lipinski definition) is 1. The van der Waals surface area contributed by atoms with Crippen molar-refractivity contribution in [3.8, 4) is 11.5 Å². The highest BCUT2D eigenvalue weighted by Crippen LogP contribution is 2.31. The Morgan fingerprint density at radius 3 is 2.59 bits per heavy atom. The first-order valence-corrected chi connectivity index (χ1v) is 8.88. The Hall–Kier alpha value is -3.02. The topological polar surface area (TPSA) is 73.9 Å². The number of benzene rings is 2. The van der Waals surface area contributed by atoms with Crippen LogP contribution in [0.25, 0.3) is 0 Å². The molecule has 0 radical (unpaired) electrons. The van der Waals surface area contributed by atoms with Crippen LogP contribution >= 0.6 is 0 Å². The van der Waals surface area contributed by atoms with Crippen molar-refractivity contribution in [3.63, 3.8) is 0 Å². The number of amides is 1. The molecule has 1 N–H and O–H groups in total. The smallest absolute Gasteiger partial charge is 0.311 e. The van der Waals surface area contributed by atoms with Gasteiger partial charge in [0, 0.05) is 5.69 Å². The highest BCUT2D eigenvalue weighted by molar-refractivity contribution is 5.95. The standard InChI is InChI=1S/C21H23NO5/c1-13-4-5-14(2)17(10-13)22-21(24)15(3)27-20(23)12-16-6-7-18-19(11-16)26-9-8-25-18/h4-7,10-11,15H,8-9,12H2,1-3H3,(H,22,24)/t15-/m0/s1. The number of hydrogen-bond acceptors (Lipinski definition) is 5. The third-order valence-corrected chi connectivity index (χ3v) is 4.28. The van der Waals surface area contributed by atoms with E-state index in [1.807, 2.05) is 32.0 Å². The van der Waals surface area contributed by atoms with E-state index in [1.54, 1.807) is 25.1 Å². The summed E-state index contributed by atoms with van der Waals surface area (Å²) in [6.45, 7) is 6.42. The maximum Gasteiger partial charge on any atom is 0.311 e. The number of nitrogens with one attached hydrogen (secondary N) is 1. The van der Waals surface area contributed by atoms with E-state index in [2.05, 4.69) is 5.32 Å². The largest absolute Gasteiger partial charge is 0.486 e. The molecule has 0 fully saturated rings. The lowest BCUT2D eigenvalue weighted by molar-refractivity contribution is -0.152. The molecule has 142 valence electrons. The van der Waals surface area contributed by atoms with Crippen LogP contribution in [0, 0.1) is 13.8 Å². The molecule has 0 aliphatic carbocycles. The molecule has 6 heteroatoms. The van der Waals surface area contributed by atoms with Crippen LogP contribution in [0.15, 0.2) is 36.4 Å². The summed E-state index contributed by atoms with van der Waals surface area (Å²) in [4.78, 5) is 24.5. The van der Waals surface area contributed by atoms with E-state index < -0.39 is 12.1 Å². The van der Waals surface area contributed by atoms with Gasteiger partial charge >= 0.3 is 5.97 Å². The minimum atomic E-state index is -0.894. The van der Waals surface area contributed by atoms with Gasteiger partial charge in [-0.15, -0.1) is 0 Å². The summed E-state index contributed by atoms with van der Waals surface area (Å²) >= 11 is 0. The van der Waals surface area contributed by atoms with Crippen LogP contribution in [-0.2, 0) is 20.7 Å². The van der Waals surface area contributed by atoms with Crippen molar-refractivity contribution in [2.75, 3.05) is 18.5 Å². The molecule has 1 aliphatic rings. The first kappa shape index (κ1) is 18.8. The van der Waals surface area contributed by atoms with E-state index in [4.69, 9.17) is 14.2 Å². The molecular weight excluding hydrogens is 346 g/mol. The molecule has 27 heavy (non-hydrogen) atoms. The lowest BCUT2D eigenvalue weighted by Crippen LogP contribution is -2.30. The van der Waals surface area contributed by atoms with Gasteiger partial charge < -0.3 is 19.5 Å². The lowest BCUT2D eigenvalue weighted by atomic mass is 10.1. The number of carbonyl (C=O) groups excluding carboxylic acids is 2. The van der Waals surface area contributed by atoms with Crippen molar-refractivity contribution in [1.82, 2.24) is 0 Å². The molecule has 0 saturated carbocycles. The van der Waals surface area contributed by atoms with Crippen molar-refractivity contribution in [3.05, 3.63) is 53.1 Å². The summed E-state index contributed by atoms with van der Waals surface area (Å²) < 4.78 is 16.3. The zero-order chi connectivity index (χ0) is 19.4. The zero-order valence-corrected chi connectivity index (χ0v) is 15.7. The molecule has 0 aromatic heterocycles. The minimum absolute atomic E-state index is 0.0533. The molecule has 1 heterocycles. The highest BCUT2D eigenvalue weighted by atomic mass is 16.6. The number of anilines is 1. The first-order chi connectivity index (χ1) is 12.9. The maximum absolute atomic E-state index is 12.3. The van der Waals surface area contributed by atoms with E-state index in [1.165, 1.54) is 0 Å². The number of ether oxygens (including phenoxy) is 3. The minimum Gasteiger partial charge on any atom is -0.486 e. The van der Waals surface area contributed by atoms with Gasteiger partial charge in [-0.25, -0.2) is 0 Å². The zero-order valence-electron chi connectivity index (χ0n) is 15.7. The number of carbonyl (C=O) groups is 2. The third kappa shape index (κ3) is 4.78. The molecule has 2 aromatic rings. The van der Waals surface area contributed by atoms with E-state index in [9.17, 15) is 9.59 Å². The van der Waals surface area contributed by atoms with Crippen molar-refractivity contribution in [1.29, 1.82) is 0 Å². The second-order valence-electron chi connectivity index (χ2n) is 6.59. The van der Waals surface area contributed by atoms with Gasteiger partial charge in [0.05, 0.1) is 6.42 Å². The molecule has 0 spiro atoms. The van der Waals surface area contributed by atoms with Gasteiger partial charge in [-0.1, -0.05) is 18.2 Å². The molecule has 3 rings (SSSR count). The molecule has 1 aliphatic heterocycles. The Balaban J connectivity index is 1.57. The summed E-state index contributed by atoms with van der Waals surface area (Å²) in [5.74, 6) is 0.446. The van der Waals surface area contributed by atoms with Crippen LogP contribution in [0.4, 0.5) is 5.69 Å². The predicted molar refractivity (Wildman–Crippen MR) is 101 cm³/mol. The summed E-state index contributed by atoms with van der Waals surface area (Å²) in [7, 11) is 0. The van der Waals surface area contributed by atoms with Crippen LogP contribution in [-0.4, -0.2) is 31.2 Å². The highest BCUT2D eigenvalue weighted by Gasteiger charge is 2.20. The SMILES string of the molecule is Cc1ccc(C)c(NC(=O)[C@H](C)OC(=O)Cc2ccc3c(c2)OCCO3)c1. The van der Waals surface area contributed by atoms with Gasteiger partial charge in [-0.3, -0.25) is 9.59 Å². The van der Waals surface area contributed by atoms with E-state index in [0.29, 0.717) is 24.7 Å². The van der Waals surface area contributed by atoms with Crippen molar-refractivity contribution in [2.24, 2.45) is 0 Å². The van der Waals surface area contributed by atoms with Crippen LogP contribution in [0.2, 0.25) is 0 Å². The van der Waals surface area contributed by atoms with Crippen LogP contribution in [0.3, 0.4) is 0 Å². The number of aryl methyl sites for hydroxylation is 2. The Bertz CT molecular complexity index is 862. The fourth-order valence-electron chi connectivity index (χ4n) is 2.76. The quantitative estimate of drug-likeness (QED) is 0.820. The molecule has 1 amide bonds. The molecule has 0 unspecified atom stereocenters. The summed E-state index contributed by atoms with van der Waals surface area (Å²) in [5.41, 5.74) is 3.45. The summed E-state index contributed by atoms with van der Waals surface area (Å²) in [6.07, 6.45) is -0.841. The first-order valence-electron chi connectivity index (χ1n) is 8.88. The van der Waals surface area contributed by atoms with E-state index in [-0.39, 0.29) is 12.3 Å². The van der Waals surface area contributed by atoms with Gasteiger partial charge in [0.25, 0.3) is 5.91 Å². The predicted octanol–water partition coefficient (Wildman–Crippen LogP) is 3.19. The molecular formula is C21H23NO5. The Labute approximate surface area is 158 Å². The number of fused-ring (bicyclic) bond motifs is 1. The summed E-state index contributed by atoms with van der Waals surface area (Å²) in [6, 6.07) is 11.1. The van der Waals surface area contributed by atoms with Crippen molar-refractivity contribution < 1.29 is 23.8 Å². The van der Waals surface area contributed by atoms with E-state index in [0.717, 1.165) is 22.4 Å². The van der Waals surface area contributed by atoms with Crippen molar-refractivity contribution in [2.45, 2.75) is 33.3 Å². The Morgan fingerprint density at radius 1 is 1.07 bits per heavy atom. The van der Waals surface area contributed by atoms with Crippen LogP contribution in [0.1, 0.15) is 23.6 Å². The second kappa shape index (κ2) is 8.12. The average Bonchev–Trinajstić information content (AvgIpc) is 2.64. The normalized spacial score (nSPS) is 13.6. The van der Waals surface area contributed by atoms with Crippen molar-refractivity contribution >= 4 is 17.6 Å². The lowest BCUT2D eigenvalue weighted by Gasteiger charge is -2.19. The Morgan fingerprint density at radius 2 is 1.81 bits per heavy atom. The molecule has 1 atom stereocenters. The fourth-order valence-corrected chi connectivity index (χ4v) is 2.76. The van der Waals surface area contributed by atoms with Crippen LogP contribution < -0.4 is 14.8 Å². The molecule has 0 bridgehead atoms. The molecule has 0 saturated heterocycles. The average molecular weight is 369 g/mol. The second-order valence-corrected chi connectivity index (χ2v) is 6.59. The fraction of sp³-hybridized carbons (Fsp3) is 0.333. The molecule has 6 nitrogen and oxygen atoms in total. The molecule has 2 aromatic carbocycles. The monoisotopic (exact) mass is 369 g/mol. The van der Waals surface area contributed by atoms with Gasteiger partial charge in [0.15, 0.2) is 17.6 Å².